The number of esters is 1. The number of hydrogen-bond acceptors (Lipinski definition) is 8. The van der Waals surface area contributed by atoms with Crippen LogP contribution in [0.4, 0.5) is 0 Å². The maximum atomic E-state index is 11.0. The van der Waals surface area contributed by atoms with Crippen molar-refractivity contribution in [3.63, 3.8) is 0 Å². The molecular weight excluding hydrogens is 454 g/mol. The average molecular weight is 482 g/mol. The molecule has 0 saturated carbocycles. The number of Topliss-reactive ketones (excluding diaryl/α,β-unsaturated/α-hetero) is 1. The highest BCUT2D eigenvalue weighted by molar-refractivity contribution is 5.99. The van der Waals surface area contributed by atoms with Gasteiger partial charge >= 0.3 is 5.97 Å². The fourth-order valence-corrected chi connectivity index (χ4v) is 2.94. The Balaban J connectivity index is 0.000000185. The van der Waals surface area contributed by atoms with Gasteiger partial charge < -0.3 is 24.6 Å². The number of phenols is 2. The van der Waals surface area contributed by atoms with E-state index in [9.17, 15) is 24.6 Å². The molecule has 35 heavy (non-hydrogen) atoms. The third kappa shape index (κ3) is 7.31. The second kappa shape index (κ2) is 12.2. The molecule has 0 aliphatic rings. The summed E-state index contributed by atoms with van der Waals surface area (Å²) >= 11 is 0. The van der Waals surface area contributed by atoms with Crippen molar-refractivity contribution in [3.8, 4) is 11.5 Å². The minimum Gasteiger partial charge on any atom is -0.507 e. The number of rotatable bonds is 3. The summed E-state index contributed by atoms with van der Waals surface area (Å²) in [5, 5.41) is 30.0. The van der Waals surface area contributed by atoms with E-state index in [1.165, 1.54) is 31.4 Å². The van der Waals surface area contributed by atoms with E-state index in [0.29, 0.717) is 11.0 Å². The molecule has 4 rings (SSSR count). The highest BCUT2D eigenvalue weighted by Crippen LogP contribution is 2.19. The Morgan fingerprint density at radius 3 is 1.89 bits per heavy atom. The number of aliphatic hydroxyl groups excluding tert-OH is 1. The fourth-order valence-electron chi connectivity index (χ4n) is 2.94. The molecule has 0 atom stereocenters. The molecule has 9 nitrogen and oxygen atoms in total. The van der Waals surface area contributed by atoms with Crippen molar-refractivity contribution < 1.29 is 34.2 Å². The van der Waals surface area contributed by atoms with Gasteiger partial charge in [0.2, 0.25) is 0 Å². The summed E-state index contributed by atoms with van der Waals surface area (Å²) in [6, 6.07) is 15.0. The van der Waals surface area contributed by atoms with E-state index in [-0.39, 0.29) is 28.2 Å². The molecule has 184 valence electrons. The van der Waals surface area contributed by atoms with E-state index in [1.807, 2.05) is 32.9 Å². The van der Waals surface area contributed by atoms with Crippen molar-refractivity contribution in [1.29, 1.82) is 0 Å². The van der Waals surface area contributed by atoms with Crippen molar-refractivity contribution in [3.05, 3.63) is 92.8 Å². The molecule has 0 spiro atoms. The number of carbonyl (C=O) groups excluding carboxylic acids is 2. The highest BCUT2D eigenvalue weighted by atomic mass is 16.5. The molecule has 1 heterocycles. The number of methoxy groups -OCH3 is 1. The maximum absolute atomic E-state index is 11.0. The first kappa shape index (κ1) is 26.9. The fraction of sp³-hybridized carbons (Fsp3) is 0.192. The monoisotopic (exact) mass is 481 g/mol. The van der Waals surface area contributed by atoms with Crippen LogP contribution >= 0.6 is 0 Å². The zero-order valence-corrected chi connectivity index (χ0v) is 19.8. The van der Waals surface area contributed by atoms with E-state index in [2.05, 4.69) is 9.89 Å². The molecule has 0 aliphatic heterocycles. The third-order valence-corrected chi connectivity index (χ3v) is 4.79. The van der Waals surface area contributed by atoms with Gasteiger partial charge in [0, 0.05) is 0 Å². The third-order valence-electron chi connectivity index (χ3n) is 4.79. The van der Waals surface area contributed by atoms with Gasteiger partial charge in [-0.05, 0) is 73.9 Å². The van der Waals surface area contributed by atoms with Crippen LogP contribution in [0.15, 0.2) is 63.9 Å². The molecule has 0 aliphatic carbocycles. The average Bonchev–Trinajstić information content (AvgIpc) is 3.18. The summed E-state index contributed by atoms with van der Waals surface area (Å²) in [6.45, 7) is 5.02. The zero-order chi connectivity index (χ0) is 26.1. The van der Waals surface area contributed by atoms with E-state index in [4.69, 9.17) is 9.63 Å². The Bertz CT molecular complexity index is 1320. The molecule has 4 aromatic rings. The number of H-pyrrole nitrogens is 1. The van der Waals surface area contributed by atoms with Gasteiger partial charge in [-0.15, -0.1) is 0 Å². The smallest absolute Gasteiger partial charge is 0.341 e. The highest BCUT2D eigenvalue weighted by Gasteiger charge is 2.10. The SMILES string of the molecule is COC(=O)c1ccc(C)cc1O.Cc1ccc(C(=O)CO)c(O)c1.Cc1ccc2c(=O)[nH]oc2c1. The second-order valence-electron chi connectivity index (χ2n) is 7.65. The topological polar surface area (TPSA) is 150 Å². The Kier molecular flexibility index (Phi) is 9.36. The van der Waals surface area contributed by atoms with Crippen LogP contribution in [0.2, 0.25) is 0 Å². The number of phenolic OH excluding ortho intramolecular Hbond substituents is 2. The van der Waals surface area contributed by atoms with E-state index < -0.39 is 18.4 Å². The first-order valence-electron chi connectivity index (χ1n) is 10.5. The number of aromatic hydroxyl groups is 2. The number of aryl methyl sites for hydroxylation is 3. The largest absolute Gasteiger partial charge is 0.507 e. The van der Waals surface area contributed by atoms with Crippen LogP contribution in [0.25, 0.3) is 11.0 Å². The molecule has 0 unspecified atom stereocenters. The van der Waals surface area contributed by atoms with E-state index >= 15 is 0 Å². The molecule has 0 saturated heterocycles. The molecule has 1 aromatic heterocycles. The molecule has 4 N–H and O–H groups in total. The van der Waals surface area contributed by atoms with E-state index in [1.54, 1.807) is 18.2 Å². The number of fused-ring (bicyclic) bond motifs is 1. The van der Waals surface area contributed by atoms with Gasteiger partial charge in [-0.1, -0.05) is 18.2 Å². The number of aliphatic hydroxyl groups is 1. The number of ketones is 1. The van der Waals surface area contributed by atoms with Gasteiger partial charge in [-0.3, -0.25) is 9.59 Å². The number of carbonyl (C=O) groups is 2. The van der Waals surface area contributed by atoms with Gasteiger partial charge in [-0.25, -0.2) is 4.79 Å². The minimum absolute atomic E-state index is 0.0400. The molecule has 0 bridgehead atoms. The van der Waals surface area contributed by atoms with Crippen LogP contribution in [0.5, 0.6) is 11.5 Å². The predicted octanol–water partition coefficient (Wildman–Crippen LogP) is 3.79. The summed E-state index contributed by atoms with van der Waals surface area (Å²) in [5.74, 6) is -1.10. The summed E-state index contributed by atoms with van der Waals surface area (Å²) in [6.07, 6.45) is 0. The van der Waals surface area contributed by atoms with Crippen LogP contribution in [-0.2, 0) is 4.74 Å². The number of benzene rings is 3. The second-order valence-corrected chi connectivity index (χ2v) is 7.65. The molecule has 0 amide bonds. The summed E-state index contributed by atoms with van der Waals surface area (Å²) in [4.78, 5) is 32.8. The normalized spacial score (nSPS) is 9.97. The van der Waals surface area contributed by atoms with Crippen molar-refractivity contribution in [2.45, 2.75) is 20.8 Å². The van der Waals surface area contributed by atoms with Gasteiger partial charge in [0.1, 0.15) is 23.7 Å². The van der Waals surface area contributed by atoms with Crippen molar-refractivity contribution in [1.82, 2.24) is 5.16 Å². The van der Waals surface area contributed by atoms with E-state index in [0.717, 1.165) is 16.7 Å². The van der Waals surface area contributed by atoms with Crippen LogP contribution in [-0.4, -0.2) is 45.9 Å². The Morgan fingerprint density at radius 2 is 1.37 bits per heavy atom. The Labute approximate surface area is 201 Å². The number of aromatic amines is 1. The number of aromatic nitrogens is 1. The van der Waals surface area contributed by atoms with Crippen LogP contribution in [0, 0.1) is 20.8 Å². The lowest BCUT2D eigenvalue weighted by atomic mass is 10.1. The maximum Gasteiger partial charge on any atom is 0.341 e. The van der Waals surface area contributed by atoms with Gasteiger partial charge in [0.25, 0.3) is 5.56 Å². The Morgan fingerprint density at radius 1 is 0.857 bits per heavy atom. The minimum atomic E-state index is -0.573. The van der Waals surface area contributed by atoms with Crippen molar-refractivity contribution >= 4 is 22.7 Å². The molecule has 0 fully saturated rings. The summed E-state index contributed by atoms with van der Waals surface area (Å²) in [5.41, 5.74) is 3.68. The lowest BCUT2D eigenvalue weighted by Gasteiger charge is -2.02. The van der Waals surface area contributed by atoms with Gasteiger partial charge in [-0.2, -0.15) is 5.16 Å². The first-order chi connectivity index (χ1) is 16.6. The van der Waals surface area contributed by atoms with Crippen LogP contribution in [0.3, 0.4) is 0 Å². The lowest BCUT2D eigenvalue weighted by Crippen LogP contribution is -2.04. The number of nitrogens with one attached hydrogen (secondary N) is 1. The quantitative estimate of drug-likeness (QED) is 0.255. The van der Waals surface area contributed by atoms with Crippen molar-refractivity contribution in [2.75, 3.05) is 13.7 Å². The predicted molar refractivity (Wildman–Crippen MR) is 130 cm³/mol. The molecule has 9 heteroatoms. The first-order valence-corrected chi connectivity index (χ1v) is 10.5. The molecular formula is C26H27NO8. The summed E-state index contributed by atoms with van der Waals surface area (Å²) < 4.78 is 9.35. The Hall–Kier alpha value is -4.37. The number of ether oxygens (including phenoxy) is 1. The van der Waals surface area contributed by atoms with Crippen LogP contribution in [0.1, 0.15) is 37.4 Å². The van der Waals surface area contributed by atoms with Gasteiger partial charge in [0.05, 0.1) is 18.1 Å². The standard InChI is InChI=1S/2C9H10O3.C8H7NO2/c1-6-3-4-7(8(10)5-6)9(11)12-2;1-6-2-3-7(8(11)4-6)9(12)5-10;1-5-2-3-6-7(4-5)11-9-8(6)10/h3-5,10H,1-2H3;2-4,10-11H,5H2,1H3;2-4H,1H3,(H,9,10). The zero-order valence-electron chi connectivity index (χ0n) is 19.8. The molecule has 3 aromatic carbocycles. The van der Waals surface area contributed by atoms with Crippen LogP contribution < -0.4 is 5.56 Å². The van der Waals surface area contributed by atoms with Crippen molar-refractivity contribution in [2.24, 2.45) is 0 Å². The summed E-state index contributed by atoms with van der Waals surface area (Å²) in [7, 11) is 1.28. The lowest BCUT2D eigenvalue weighted by molar-refractivity contribution is 0.0597. The van der Waals surface area contributed by atoms with Gasteiger partial charge in [0.15, 0.2) is 11.4 Å². The molecule has 0 radical (unpaired) electrons. The number of hydrogen-bond donors (Lipinski definition) is 4.